The van der Waals surface area contributed by atoms with E-state index in [2.05, 4.69) is 6.58 Å². The van der Waals surface area contributed by atoms with Gasteiger partial charge >= 0.3 is 11.9 Å². The van der Waals surface area contributed by atoms with E-state index < -0.39 is 5.97 Å². The fourth-order valence-corrected chi connectivity index (χ4v) is 1.31. The van der Waals surface area contributed by atoms with Crippen molar-refractivity contribution >= 4 is 11.9 Å². The fraction of sp³-hybridized carbons (Fsp3) is 0.714. The summed E-state index contributed by atoms with van der Waals surface area (Å²) in [5.41, 5.74) is 0.379. The van der Waals surface area contributed by atoms with Crippen LogP contribution in [0.25, 0.3) is 0 Å². The third-order valence-corrected chi connectivity index (χ3v) is 2.60. The van der Waals surface area contributed by atoms with Gasteiger partial charge in [0.05, 0.1) is 20.7 Å². The van der Waals surface area contributed by atoms with E-state index in [4.69, 9.17) is 9.47 Å². The van der Waals surface area contributed by atoms with Crippen molar-refractivity contribution in [3.05, 3.63) is 12.2 Å². The predicted molar refractivity (Wildman–Crippen MR) is 73.5 cm³/mol. The first-order valence-electron chi connectivity index (χ1n) is 6.58. The molecule has 110 valence electrons. The van der Waals surface area contributed by atoms with Gasteiger partial charge in [-0.15, -0.1) is 0 Å². The van der Waals surface area contributed by atoms with Crippen molar-refractivity contribution in [3.8, 4) is 0 Å². The minimum Gasteiger partial charge on any atom is -0.462 e. The van der Waals surface area contributed by atoms with E-state index in [0.29, 0.717) is 23.2 Å². The Morgan fingerprint density at radius 3 is 2.32 bits per heavy atom. The standard InChI is InChI=1S/C14H26NO4/c1-6-7-9-18-13(16)11-15(4,5)8-10-19-14(17)12(2)3/h2,6-11H2,1,3-5H3/q+1. The van der Waals surface area contributed by atoms with E-state index in [9.17, 15) is 9.59 Å². The predicted octanol–water partition coefficient (Wildman–Crippen LogP) is 1.53. The van der Waals surface area contributed by atoms with Gasteiger partial charge in [0.25, 0.3) is 0 Å². The van der Waals surface area contributed by atoms with E-state index in [1.807, 2.05) is 21.0 Å². The number of esters is 2. The van der Waals surface area contributed by atoms with Crippen LogP contribution < -0.4 is 0 Å². The maximum atomic E-state index is 11.6. The highest BCUT2D eigenvalue weighted by atomic mass is 16.5. The average molecular weight is 272 g/mol. The zero-order chi connectivity index (χ0) is 14.9. The van der Waals surface area contributed by atoms with Crippen LogP contribution in [0.5, 0.6) is 0 Å². The van der Waals surface area contributed by atoms with Crippen LogP contribution in [-0.2, 0) is 19.1 Å². The number of quaternary nitrogens is 1. The Morgan fingerprint density at radius 2 is 1.79 bits per heavy atom. The van der Waals surface area contributed by atoms with Crippen LogP contribution in [0.1, 0.15) is 26.7 Å². The largest absolute Gasteiger partial charge is 0.462 e. The van der Waals surface area contributed by atoms with Crippen molar-refractivity contribution in [2.24, 2.45) is 0 Å². The quantitative estimate of drug-likeness (QED) is 0.276. The van der Waals surface area contributed by atoms with Crippen LogP contribution >= 0.6 is 0 Å². The highest BCUT2D eigenvalue weighted by molar-refractivity contribution is 5.86. The smallest absolute Gasteiger partial charge is 0.361 e. The number of unbranched alkanes of at least 4 members (excludes halogenated alkanes) is 1. The number of likely N-dealkylation sites (N-methyl/N-ethyl adjacent to an activating group) is 1. The molecule has 19 heavy (non-hydrogen) atoms. The average Bonchev–Trinajstić information content (AvgIpc) is 2.27. The Morgan fingerprint density at radius 1 is 1.16 bits per heavy atom. The summed E-state index contributed by atoms with van der Waals surface area (Å²) in [4.78, 5) is 22.8. The van der Waals surface area contributed by atoms with Crippen LogP contribution in [0.3, 0.4) is 0 Å². The van der Waals surface area contributed by atoms with Gasteiger partial charge in [0.15, 0.2) is 6.54 Å². The number of carbonyl (C=O) groups is 2. The summed E-state index contributed by atoms with van der Waals surface area (Å²) in [6, 6.07) is 0. The van der Waals surface area contributed by atoms with Crippen molar-refractivity contribution < 1.29 is 23.5 Å². The minimum absolute atomic E-state index is 0.218. The maximum Gasteiger partial charge on any atom is 0.361 e. The number of ether oxygens (including phenoxy) is 2. The second-order valence-electron chi connectivity index (χ2n) is 5.31. The molecule has 0 radical (unpaired) electrons. The SMILES string of the molecule is C=C(C)C(=O)OCC[N+](C)(C)CC(=O)OCCCC. The van der Waals surface area contributed by atoms with Crippen molar-refractivity contribution in [1.82, 2.24) is 0 Å². The van der Waals surface area contributed by atoms with Crippen molar-refractivity contribution in [2.75, 3.05) is 40.4 Å². The molecule has 0 saturated heterocycles. The van der Waals surface area contributed by atoms with Crippen LogP contribution in [-0.4, -0.2) is 56.8 Å². The van der Waals surface area contributed by atoms with Gasteiger partial charge in [0.1, 0.15) is 13.2 Å². The van der Waals surface area contributed by atoms with Crippen molar-refractivity contribution in [2.45, 2.75) is 26.7 Å². The normalized spacial score (nSPS) is 10.9. The van der Waals surface area contributed by atoms with E-state index in [1.54, 1.807) is 6.92 Å². The van der Waals surface area contributed by atoms with Crippen molar-refractivity contribution in [3.63, 3.8) is 0 Å². The fourth-order valence-electron chi connectivity index (χ4n) is 1.31. The molecule has 0 aromatic rings. The molecule has 0 aromatic carbocycles. The molecule has 0 heterocycles. The molecule has 0 unspecified atom stereocenters. The van der Waals surface area contributed by atoms with Crippen LogP contribution in [0, 0.1) is 0 Å². The highest BCUT2D eigenvalue weighted by Crippen LogP contribution is 2.00. The topological polar surface area (TPSA) is 52.6 Å². The molecule has 0 aliphatic heterocycles. The second-order valence-corrected chi connectivity index (χ2v) is 5.31. The molecule has 0 saturated carbocycles. The van der Waals surface area contributed by atoms with Gasteiger partial charge in [-0.25, -0.2) is 9.59 Å². The number of carbonyl (C=O) groups excluding carboxylic acids is 2. The van der Waals surface area contributed by atoms with Gasteiger partial charge in [-0.3, -0.25) is 0 Å². The molecule has 0 rings (SSSR count). The Hall–Kier alpha value is -1.36. The lowest BCUT2D eigenvalue weighted by Gasteiger charge is -2.28. The molecule has 0 amide bonds. The molecule has 0 N–H and O–H groups in total. The highest BCUT2D eigenvalue weighted by Gasteiger charge is 2.21. The number of hydrogen-bond acceptors (Lipinski definition) is 4. The molecule has 5 heteroatoms. The third-order valence-electron chi connectivity index (χ3n) is 2.60. The lowest BCUT2D eigenvalue weighted by atomic mass is 10.3. The summed E-state index contributed by atoms with van der Waals surface area (Å²) in [6.45, 7) is 8.72. The zero-order valence-corrected chi connectivity index (χ0v) is 12.5. The summed E-state index contributed by atoms with van der Waals surface area (Å²) >= 11 is 0. The summed E-state index contributed by atoms with van der Waals surface area (Å²) in [6.07, 6.45) is 1.89. The molecule has 0 bridgehead atoms. The lowest BCUT2D eigenvalue weighted by molar-refractivity contribution is -0.883. The van der Waals surface area contributed by atoms with Gasteiger partial charge < -0.3 is 14.0 Å². The third kappa shape index (κ3) is 9.25. The number of nitrogens with zero attached hydrogens (tertiary/aromatic N) is 1. The van der Waals surface area contributed by atoms with Gasteiger partial charge in [0, 0.05) is 5.57 Å². The summed E-state index contributed by atoms with van der Waals surface area (Å²) in [7, 11) is 3.80. The molecule has 0 aromatic heterocycles. The summed E-state index contributed by atoms with van der Waals surface area (Å²) < 4.78 is 10.5. The van der Waals surface area contributed by atoms with Gasteiger partial charge in [-0.1, -0.05) is 19.9 Å². The van der Waals surface area contributed by atoms with E-state index in [0.717, 1.165) is 12.8 Å². The van der Waals surface area contributed by atoms with E-state index >= 15 is 0 Å². The number of hydrogen-bond donors (Lipinski definition) is 0. The molecular weight excluding hydrogens is 246 g/mol. The monoisotopic (exact) mass is 272 g/mol. The van der Waals surface area contributed by atoms with Crippen LogP contribution in [0.2, 0.25) is 0 Å². The molecule has 0 fully saturated rings. The summed E-state index contributed by atoms with van der Waals surface area (Å²) in [5.74, 6) is -0.616. The first-order chi connectivity index (χ1) is 8.78. The maximum absolute atomic E-state index is 11.6. The van der Waals surface area contributed by atoms with Crippen molar-refractivity contribution in [1.29, 1.82) is 0 Å². The first kappa shape index (κ1) is 17.6. The molecule has 0 spiro atoms. The Bertz CT molecular complexity index is 323. The first-order valence-corrected chi connectivity index (χ1v) is 6.58. The molecular formula is C14H26NO4+. The second kappa shape index (κ2) is 8.69. The zero-order valence-electron chi connectivity index (χ0n) is 12.5. The molecule has 0 aliphatic carbocycles. The lowest BCUT2D eigenvalue weighted by Crippen LogP contribution is -2.46. The van der Waals surface area contributed by atoms with Gasteiger partial charge in [0.2, 0.25) is 0 Å². The van der Waals surface area contributed by atoms with Crippen LogP contribution in [0.15, 0.2) is 12.2 Å². The van der Waals surface area contributed by atoms with E-state index in [1.165, 1.54) is 0 Å². The Kier molecular flexibility index (Phi) is 8.07. The van der Waals surface area contributed by atoms with E-state index in [-0.39, 0.29) is 19.1 Å². The van der Waals surface area contributed by atoms with Crippen LogP contribution in [0.4, 0.5) is 0 Å². The summed E-state index contributed by atoms with van der Waals surface area (Å²) in [5, 5.41) is 0. The Balaban J connectivity index is 3.93. The van der Waals surface area contributed by atoms with Gasteiger partial charge in [-0.05, 0) is 13.3 Å². The molecule has 0 atom stereocenters. The molecule has 0 aliphatic rings. The minimum atomic E-state index is -0.398. The molecule has 5 nitrogen and oxygen atoms in total. The van der Waals surface area contributed by atoms with Gasteiger partial charge in [-0.2, -0.15) is 0 Å². The number of rotatable bonds is 9. The Labute approximate surface area is 115 Å².